The van der Waals surface area contributed by atoms with Crippen molar-refractivity contribution in [3.8, 4) is 0 Å². The van der Waals surface area contributed by atoms with Crippen molar-refractivity contribution in [2.24, 2.45) is 5.92 Å². The summed E-state index contributed by atoms with van der Waals surface area (Å²) in [4.78, 5) is 24.5. The molecule has 0 aliphatic heterocycles. The van der Waals surface area contributed by atoms with Gasteiger partial charge in [-0.15, -0.1) is 0 Å². The molecule has 0 atom stereocenters. The van der Waals surface area contributed by atoms with Gasteiger partial charge < -0.3 is 10.2 Å². The molecule has 2 N–H and O–H groups in total. The normalized spacial score (nSPS) is 10.4. The molecule has 2 amide bonds. The van der Waals surface area contributed by atoms with Gasteiger partial charge >= 0.3 is 0 Å². The summed E-state index contributed by atoms with van der Waals surface area (Å²) in [5.74, 6) is -0.132. The van der Waals surface area contributed by atoms with Crippen LogP contribution in [0.3, 0.4) is 0 Å². The third-order valence-electron chi connectivity index (χ3n) is 2.07. The first kappa shape index (κ1) is 13.1. The number of aromatic nitrogens is 3. The highest BCUT2D eigenvalue weighted by molar-refractivity contribution is 5.94. The average Bonchev–Trinajstić information content (AvgIpc) is 2.78. The first-order valence-corrected chi connectivity index (χ1v) is 5.38. The number of carbonyl (C=O) groups is 2. The lowest BCUT2D eigenvalue weighted by molar-refractivity contribution is -0.121. The number of likely N-dealkylation sites (N-methyl/N-ethyl adjacent to an activating group) is 1. The molecular weight excluding hydrogens is 222 g/mol. The fourth-order valence-electron chi connectivity index (χ4n) is 1.16. The zero-order valence-corrected chi connectivity index (χ0v) is 10.2. The highest BCUT2D eigenvalue weighted by Gasteiger charge is 2.16. The van der Waals surface area contributed by atoms with Gasteiger partial charge in [-0.25, -0.2) is 0 Å². The molecule has 0 aliphatic rings. The Bertz CT molecular complexity index is 374. The topological polar surface area (TPSA) is 91.0 Å². The molecule has 1 heterocycles. The highest BCUT2D eigenvalue weighted by Crippen LogP contribution is 1.96. The van der Waals surface area contributed by atoms with E-state index in [9.17, 15) is 9.59 Å². The van der Waals surface area contributed by atoms with E-state index < -0.39 is 0 Å². The van der Waals surface area contributed by atoms with E-state index in [4.69, 9.17) is 0 Å². The van der Waals surface area contributed by atoms with Gasteiger partial charge in [0.2, 0.25) is 5.91 Å². The maximum atomic E-state index is 11.7. The van der Waals surface area contributed by atoms with Crippen molar-refractivity contribution < 1.29 is 9.59 Å². The molecule has 17 heavy (non-hydrogen) atoms. The van der Waals surface area contributed by atoms with E-state index in [0.29, 0.717) is 12.5 Å². The molecule has 94 valence electrons. The highest BCUT2D eigenvalue weighted by atomic mass is 16.2. The second kappa shape index (κ2) is 5.97. The monoisotopic (exact) mass is 239 g/mol. The molecule has 0 radical (unpaired) electrons. The van der Waals surface area contributed by atoms with Crippen LogP contribution < -0.4 is 5.32 Å². The number of nitrogens with one attached hydrogen (secondary N) is 2. The van der Waals surface area contributed by atoms with Gasteiger partial charge in [-0.2, -0.15) is 15.4 Å². The van der Waals surface area contributed by atoms with Crippen LogP contribution in [0.1, 0.15) is 24.3 Å². The standard InChI is InChI=1S/C10H17N5O2/c1-7(2)4-11-9(16)6-15(3)10(17)8-5-12-14-13-8/h5,7H,4,6H2,1-3H3,(H,11,16)(H,12,13,14). The number of H-pyrrole nitrogens is 1. The van der Waals surface area contributed by atoms with E-state index in [1.165, 1.54) is 11.1 Å². The molecule has 0 bridgehead atoms. The van der Waals surface area contributed by atoms with Crippen LogP contribution in [0.5, 0.6) is 0 Å². The molecule has 0 fully saturated rings. The lowest BCUT2D eigenvalue weighted by Crippen LogP contribution is -2.39. The maximum absolute atomic E-state index is 11.7. The van der Waals surface area contributed by atoms with Gasteiger partial charge in [-0.1, -0.05) is 13.8 Å². The molecule has 0 aliphatic carbocycles. The number of rotatable bonds is 5. The summed E-state index contributed by atoms with van der Waals surface area (Å²) in [6.45, 7) is 4.62. The second-order valence-electron chi connectivity index (χ2n) is 4.21. The molecule has 0 unspecified atom stereocenters. The lowest BCUT2D eigenvalue weighted by Gasteiger charge is -2.15. The second-order valence-corrected chi connectivity index (χ2v) is 4.21. The Balaban J connectivity index is 2.41. The van der Waals surface area contributed by atoms with Gasteiger partial charge in [-0.05, 0) is 5.92 Å². The van der Waals surface area contributed by atoms with Gasteiger partial charge in [0, 0.05) is 13.6 Å². The molecule has 0 spiro atoms. The van der Waals surface area contributed by atoms with Crippen molar-refractivity contribution in [1.82, 2.24) is 25.6 Å². The molecule has 7 nitrogen and oxygen atoms in total. The minimum absolute atomic E-state index is 0.0123. The number of nitrogens with zero attached hydrogens (tertiary/aromatic N) is 3. The predicted octanol–water partition coefficient (Wildman–Crippen LogP) is -0.351. The van der Waals surface area contributed by atoms with Gasteiger partial charge in [0.15, 0.2) is 5.69 Å². The maximum Gasteiger partial charge on any atom is 0.276 e. The summed E-state index contributed by atoms with van der Waals surface area (Å²) in [5, 5.41) is 12.3. The third kappa shape index (κ3) is 4.21. The van der Waals surface area contributed by atoms with Gasteiger partial charge in [-0.3, -0.25) is 9.59 Å². The van der Waals surface area contributed by atoms with Crippen LogP contribution in [-0.2, 0) is 4.79 Å². The number of amides is 2. The summed E-state index contributed by atoms with van der Waals surface area (Å²) >= 11 is 0. The molecule has 0 saturated heterocycles. The van der Waals surface area contributed by atoms with Crippen molar-refractivity contribution in [3.05, 3.63) is 11.9 Å². The number of aromatic amines is 1. The van der Waals surface area contributed by atoms with E-state index in [1.807, 2.05) is 13.8 Å². The Hall–Kier alpha value is -1.92. The zero-order chi connectivity index (χ0) is 12.8. The van der Waals surface area contributed by atoms with Crippen LogP contribution in [0.2, 0.25) is 0 Å². The molecule has 0 aromatic carbocycles. The predicted molar refractivity (Wildman–Crippen MR) is 61.2 cm³/mol. The largest absolute Gasteiger partial charge is 0.354 e. The number of carbonyl (C=O) groups excluding carboxylic acids is 2. The van der Waals surface area contributed by atoms with Crippen molar-refractivity contribution >= 4 is 11.8 Å². The SMILES string of the molecule is CC(C)CNC(=O)CN(C)C(=O)c1cn[nH]n1. The van der Waals surface area contributed by atoms with E-state index in [2.05, 4.69) is 20.7 Å². The van der Waals surface area contributed by atoms with E-state index >= 15 is 0 Å². The Kier molecular flexibility index (Phi) is 4.62. The van der Waals surface area contributed by atoms with E-state index in [1.54, 1.807) is 7.05 Å². The Morgan fingerprint density at radius 1 is 1.53 bits per heavy atom. The van der Waals surface area contributed by atoms with Crippen LogP contribution in [0.25, 0.3) is 0 Å². The van der Waals surface area contributed by atoms with Gasteiger partial charge in [0.05, 0.1) is 12.7 Å². The fourth-order valence-corrected chi connectivity index (χ4v) is 1.16. The lowest BCUT2D eigenvalue weighted by atomic mass is 10.2. The first-order valence-electron chi connectivity index (χ1n) is 5.38. The molecular formula is C10H17N5O2. The Morgan fingerprint density at radius 2 is 2.24 bits per heavy atom. The smallest absolute Gasteiger partial charge is 0.276 e. The fraction of sp³-hybridized carbons (Fsp3) is 0.600. The summed E-state index contributed by atoms with van der Waals surface area (Å²) in [7, 11) is 1.55. The quantitative estimate of drug-likeness (QED) is 0.734. The summed E-state index contributed by atoms with van der Waals surface area (Å²) in [6, 6.07) is 0. The molecule has 7 heteroatoms. The average molecular weight is 239 g/mol. The molecule has 1 aromatic heterocycles. The summed E-state index contributed by atoms with van der Waals surface area (Å²) in [5.41, 5.74) is 0.198. The minimum Gasteiger partial charge on any atom is -0.354 e. The first-order chi connectivity index (χ1) is 8.00. The van der Waals surface area contributed by atoms with Gasteiger partial charge in [0.25, 0.3) is 5.91 Å². The van der Waals surface area contributed by atoms with E-state index in [0.717, 1.165) is 0 Å². The number of hydrogen-bond donors (Lipinski definition) is 2. The van der Waals surface area contributed by atoms with Crippen LogP contribution in [-0.4, -0.2) is 52.3 Å². The van der Waals surface area contributed by atoms with Gasteiger partial charge in [0.1, 0.15) is 0 Å². The minimum atomic E-state index is -0.335. The van der Waals surface area contributed by atoms with Crippen LogP contribution in [0.15, 0.2) is 6.20 Å². The Morgan fingerprint density at radius 3 is 2.76 bits per heavy atom. The summed E-state index contributed by atoms with van der Waals surface area (Å²) in [6.07, 6.45) is 1.32. The van der Waals surface area contributed by atoms with Crippen molar-refractivity contribution in [2.45, 2.75) is 13.8 Å². The van der Waals surface area contributed by atoms with Crippen LogP contribution in [0, 0.1) is 5.92 Å². The van der Waals surface area contributed by atoms with Crippen molar-refractivity contribution in [3.63, 3.8) is 0 Å². The van der Waals surface area contributed by atoms with Crippen LogP contribution >= 0.6 is 0 Å². The van der Waals surface area contributed by atoms with E-state index in [-0.39, 0.29) is 24.1 Å². The molecule has 1 aromatic rings. The van der Waals surface area contributed by atoms with Crippen molar-refractivity contribution in [1.29, 1.82) is 0 Å². The molecule has 1 rings (SSSR count). The van der Waals surface area contributed by atoms with Crippen molar-refractivity contribution in [2.75, 3.05) is 20.1 Å². The Labute approximate surface area is 99.6 Å². The third-order valence-corrected chi connectivity index (χ3v) is 2.07. The zero-order valence-electron chi connectivity index (χ0n) is 10.2. The summed E-state index contributed by atoms with van der Waals surface area (Å²) < 4.78 is 0. The number of hydrogen-bond acceptors (Lipinski definition) is 4. The van der Waals surface area contributed by atoms with Crippen LogP contribution in [0.4, 0.5) is 0 Å². The molecule has 0 saturated carbocycles.